The van der Waals surface area contributed by atoms with Crippen LogP contribution in [0.1, 0.15) is 58.2 Å². The Morgan fingerprint density at radius 3 is 2.62 bits per heavy atom. The van der Waals surface area contributed by atoms with Crippen LogP contribution in [0.25, 0.3) is 0 Å². The zero-order valence-corrected chi connectivity index (χ0v) is 17.0. The van der Waals surface area contributed by atoms with Gasteiger partial charge in [-0.1, -0.05) is 32.9 Å². The summed E-state index contributed by atoms with van der Waals surface area (Å²) < 4.78 is 12.8. The molecule has 0 aromatic carbocycles. The van der Waals surface area contributed by atoms with E-state index in [0.29, 0.717) is 11.4 Å². The molecule has 1 aromatic heterocycles. The predicted octanol–water partition coefficient (Wildman–Crippen LogP) is 2.15. The van der Waals surface area contributed by atoms with E-state index in [1.54, 1.807) is 13.1 Å². The number of oxime groups is 1. The van der Waals surface area contributed by atoms with Gasteiger partial charge in [0.05, 0.1) is 12.1 Å². The van der Waals surface area contributed by atoms with Gasteiger partial charge >= 0.3 is 5.97 Å². The summed E-state index contributed by atoms with van der Waals surface area (Å²) in [5, 5.41) is 15.3. The molecule has 2 N–H and O–H groups in total. The summed E-state index contributed by atoms with van der Waals surface area (Å²) in [7, 11) is 0. The van der Waals surface area contributed by atoms with E-state index in [0.717, 1.165) is 5.56 Å². The molecule has 0 aliphatic carbocycles. The molecule has 1 aliphatic heterocycles. The smallest absolute Gasteiger partial charge is 0.305 e. The van der Waals surface area contributed by atoms with Crippen LogP contribution in [0.15, 0.2) is 23.5 Å². The Hall–Kier alpha value is -2.84. The van der Waals surface area contributed by atoms with Crippen molar-refractivity contribution in [3.63, 3.8) is 0 Å². The molecular formula is C20H26FN3O5. The quantitative estimate of drug-likeness (QED) is 0.682. The third kappa shape index (κ3) is 5.16. The lowest BCUT2D eigenvalue weighted by molar-refractivity contribution is -0.148. The van der Waals surface area contributed by atoms with E-state index in [9.17, 15) is 18.8 Å². The fourth-order valence-corrected chi connectivity index (χ4v) is 2.94. The maximum Gasteiger partial charge on any atom is 0.305 e. The molecule has 1 aliphatic rings. The van der Waals surface area contributed by atoms with Crippen LogP contribution in [0.4, 0.5) is 4.39 Å². The van der Waals surface area contributed by atoms with E-state index >= 15 is 0 Å². The van der Waals surface area contributed by atoms with Gasteiger partial charge in [0.25, 0.3) is 5.91 Å². The summed E-state index contributed by atoms with van der Waals surface area (Å²) in [5.41, 5.74) is 0.566. The molecule has 8 nitrogen and oxygen atoms in total. The number of rotatable bonds is 8. The Labute approximate surface area is 168 Å². The standard InChI is InChI=1S/C20H26FN3O5/c1-5-20(18(28)23-14(9-17(26)27)16(25)11-21)10-15(24-29-20)13-8-12(6-7-22-13)19(2,3)4/h6-8,14H,5,9-11H2,1-4H3,(H,23,28)(H,26,27)/t14-,20?/m0/s1. The highest BCUT2D eigenvalue weighted by Gasteiger charge is 2.46. The SMILES string of the molecule is CCC1(C(=O)N[C@@H](CC(=O)O)C(=O)CF)CC(c2cc(C(C)(C)C)ccn2)=NO1. The third-order valence-corrected chi connectivity index (χ3v) is 4.89. The number of alkyl halides is 1. The molecule has 0 spiro atoms. The second-order valence-electron chi connectivity index (χ2n) is 8.06. The van der Waals surface area contributed by atoms with Crippen LogP contribution in [0.3, 0.4) is 0 Å². The summed E-state index contributed by atoms with van der Waals surface area (Å²) >= 11 is 0. The molecule has 0 saturated carbocycles. The van der Waals surface area contributed by atoms with Gasteiger partial charge in [0.2, 0.25) is 5.60 Å². The van der Waals surface area contributed by atoms with Gasteiger partial charge in [0.15, 0.2) is 5.78 Å². The lowest BCUT2D eigenvalue weighted by Gasteiger charge is -2.26. The number of Topliss-reactive ketones (excluding diaryl/α,β-unsaturated/α-hetero) is 1. The number of aromatic nitrogens is 1. The van der Waals surface area contributed by atoms with Crippen molar-refractivity contribution in [1.29, 1.82) is 0 Å². The molecule has 1 aromatic rings. The number of hydrogen-bond donors (Lipinski definition) is 2. The van der Waals surface area contributed by atoms with Crippen LogP contribution in [-0.2, 0) is 24.6 Å². The van der Waals surface area contributed by atoms with Gasteiger partial charge in [0.1, 0.15) is 18.4 Å². The average molecular weight is 407 g/mol. The fourth-order valence-electron chi connectivity index (χ4n) is 2.94. The van der Waals surface area contributed by atoms with Gasteiger partial charge in [-0.25, -0.2) is 4.39 Å². The number of carboxylic acids is 1. The third-order valence-electron chi connectivity index (χ3n) is 4.89. The lowest BCUT2D eigenvalue weighted by Crippen LogP contribution is -2.53. The lowest BCUT2D eigenvalue weighted by atomic mass is 9.86. The largest absolute Gasteiger partial charge is 0.481 e. The van der Waals surface area contributed by atoms with Crippen molar-refractivity contribution in [2.45, 2.75) is 64.0 Å². The number of carboxylic acid groups (broad SMARTS) is 1. The molecule has 9 heteroatoms. The molecule has 0 radical (unpaired) electrons. The molecule has 0 saturated heterocycles. The highest BCUT2D eigenvalue weighted by Crippen LogP contribution is 2.31. The monoisotopic (exact) mass is 407 g/mol. The van der Waals surface area contributed by atoms with Crippen LogP contribution in [0.2, 0.25) is 0 Å². The zero-order chi connectivity index (χ0) is 21.8. The van der Waals surface area contributed by atoms with E-state index in [1.165, 1.54) is 0 Å². The van der Waals surface area contributed by atoms with Crippen molar-refractivity contribution in [2.24, 2.45) is 5.16 Å². The molecule has 1 unspecified atom stereocenters. The van der Waals surface area contributed by atoms with Gasteiger partial charge in [-0.2, -0.15) is 0 Å². The topological polar surface area (TPSA) is 118 Å². The number of amides is 1. The highest BCUT2D eigenvalue weighted by molar-refractivity contribution is 6.05. The first-order valence-electron chi connectivity index (χ1n) is 9.36. The Morgan fingerprint density at radius 2 is 2.07 bits per heavy atom. The highest BCUT2D eigenvalue weighted by atomic mass is 19.1. The van der Waals surface area contributed by atoms with Crippen LogP contribution < -0.4 is 5.32 Å². The average Bonchev–Trinajstić information content (AvgIpc) is 3.12. The molecule has 2 rings (SSSR count). The number of halogens is 1. The second-order valence-corrected chi connectivity index (χ2v) is 8.06. The second kappa shape index (κ2) is 8.67. The van der Waals surface area contributed by atoms with E-state index in [4.69, 9.17) is 9.94 Å². The fraction of sp³-hybridized carbons (Fsp3) is 0.550. The minimum atomic E-state index is -1.47. The molecule has 0 bridgehead atoms. The van der Waals surface area contributed by atoms with Gasteiger partial charge < -0.3 is 15.3 Å². The van der Waals surface area contributed by atoms with Gasteiger partial charge in [0, 0.05) is 12.6 Å². The van der Waals surface area contributed by atoms with Gasteiger partial charge in [-0.3, -0.25) is 19.4 Å². The van der Waals surface area contributed by atoms with Crippen LogP contribution in [0, 0.1) is 0 Å². The Balaban J connectivity index is 2.20. The Kier molecular flexibility index (Phi) is 6.71. The van der Waals surface area contributed by atoms with Crippen molar-refractivity contribution in [1.82, 2.24) is 10.3 Å². The summed E-state index contributed by atoms with van der Waals surface area (Å²) in [5.74, 6) is -3.04. The summed E-state index contributed by atoms with van der Waals surface area (Å²) in [4.78, 5) is 45.2. The van der Waals surface area contributed by atoms with Gasteiger partial charge in [-0.05, 0) is 29.5 Å². The number of ketones is 1. The normalized spacial score (nSPS) is 19.8. The van der Waals surface area contributed by atoms with Crippen molar-refractivity contribution in [3.05, 3.63) is 29.6 Å². The van der Waals surface area contributed by atoms with Crippen molar-refractivity contribution in [3.8, 4) is 0 Å². The predicted molar refractivity (Wildman–Crippen MR) is 103 cm³/mol. The molecule has 2 atom stereocenters. The molecule has 29 heavy (non-hydrogen) atoms. The summed E-state index contributed by atoms with van der Waals surface area (Å²) in [6, 6.07) is 2.31. The molecule has 158 valence electrons. The minimum absolute atomic E-state index is 0.0968. The first-order chi connectivity index (χ1) is 13.5. The molecule has 1 amide bonds. The zero-order valence-electron chi connectivity index (χ0n) is 17.0. The molecule has 2 heterocycles. The maximum atomic E-state index is 12.8. The number of carbonyl (C=O) groups is 3. The van der Waals surface area contributed by atoms with Crippen LogP contribution in [0.5, 0.6) is 0 Å². The molecular weight excluding hydrogens is 381 g/mol. The van der Waals surface area contributed by atoms with Crippen molar-refractivity contribution < 1.29 is 28.7 Å². The van der Waals surface area contributed by atoms with E-state index in [1.807, 2.05) is 12.1 Å². The van der Waals surface area contributed by atoms with Crippen molar-refractivity contribution in [2.75, 3.05) is 6.67 Å². The number of aliphatic carboxylic acids is 1. The number of carbonyl (C=O) groups excluding carboxylic acids is 2. The Morgan fingerprint density at radius 1 is 1.38 bits per heavy atom. The van der Waals surface area contributed by atoms with Crippen molar-refractivity contribution >= 4 is 23.4 Å². The van der Waals surface area contributed by atoms with Crippen LogP contribution >= 0.6 is 0 Å². The molecule has 0 fully saturated rings. The summed E-state index contributed by atoms with van der Waals surface area (Å²) in [6.45, 7) is 6.53. The maximum absolute atomic E-state index is 12.8. The van der Waals surface area contributed by atoms with E-state index in [-0.39, 0.29) is 18.3 Å². The van der Waals surface area contributed by atoms with Crippen LogP contribution in [-0.4, -0.2) is 51.8 Å². The number of nitrogens with zero attached hydrogens (tertiary/aromatic N) is 2. The number of hydrogen-bond acceptors (Lipinski definition) is 6. The first kappa shape index (κ1) is 22.4. The van der Waals surface area contributed by atoms with E-state index in [2.05, 4.69) is 36.2 Å². The number of pyridine rings is 1. The first-order valence-corrected chi connectivity index (χ1v) is 9.36. The van der Waals surface area contributed by atoms with Gasteiger partial charge in [-0.15, -0.1) is 0 Å². The minimum Gasteiger partial charge on any atom is -0.481 e. The van der Waals surface area contributed by atoms with E-state index < -0.39 is 42.4 Å². The number of nitrogens with one attached hydrogen (secondary N) is 1. The Bertz CT molecular complexity index is 834. The summed E-state index contributed by atoms with van der Waals surface area (Å²) in [6.07, 6.45) is 1.26.